The highest BCUT2D eigenvalue weighted by Gasteiger charge is 2.27. The minimum absolute atomic E-state index is 0.0506. The van der Waals surface area contributed by atoms with Crippen LogP contribution in [0, 0.1) is 6.92 Å². The Hall–Kier alpha value is -1.83. The Kier molecular flexibility index (Phi) is 6.01. The molecule has 0 saturated heterocycles. The number of thioether (sulfide) groups is 1. The van der Waals surface area contributed by atoms with E-state index in [1.165, 1.54) is 11.8 Å². The third-order valence-corrected chi connectivity index (χ3v) is 6.79. The van der Waals surface area contributed by atoms with Gasteiger partial charge in [-0.2, -0.15) is 0 Å². The molecule has 0 aromatic heterocycles. The Morgan fingerprint density at radius 1 is 1.12 bits per heavy atom. The van der Waals surface area contributed by atoms with E-state index in [0.29, 0.717) is 12.3 Å². The number of carbonyl (C=O) groups excluding carboxylic acids is 1. The smallest absolute Gasteiger partial charge is 0.240 e. The average molecular weight is 391 g/mol. The second-order valence-corrected chi connectivity index (χ2v) is 9.10. The fourth-order valence-corrected chi connectivity index (χ4v) is 4.55. The van der Waals surface area contributed by atoms with Gasteiger partial charge in [0.15, 0.2) is 0 Å². The average Bonchev–Trinajstić information content (AvgIpc) is 3.43. The van der Waals surface area contributed by atoms with E-state index in [9.17, 15) is 13.2 Å². The summed E-state index contributed by atoms with van der Waals surface area (Å²) >= 11 is 1.51. The lowest BCUT2D eigenvalue weighted by Gasteiger charge is -2.08. The van der Waals surface area contributed by atoms with Crippen molar-refractivity contribution < 1.29 is 13.2 Å². The van der Waals surface area contributed by atoms with Crippen LogP contribution in [0.2, 0.25) is 0 Å². The van der Waals surface area contributed by atoms with Crippen LogP contribution in [-0.4, -0.2) is 26.1 Å². The molecule has 0 radical (unpaired) electrons. The third kappa shape index (κ3) is 5.33. The lowest BCUT2D eigenvalue weighted by molar-refractivity contribution is -0.118. The molecule has 2 aromatic carbocycles. The van der Waals surface area contributed by atoms with E-state index >= 15 is 0 Å². The molecule has 3 rings (SSSR count). The molecular formula is C19H22N2O3S2. The number of carbonyl (C=O) groups is 1. The summed E-state index contributed by atoms with van der Waals surface area (Å²) in [5.41, 5.74) is 2.02. The molecule has 1 aliphatic rings. The fourth-order valence-electron chi connectivity index (χ4n) is 2.39. The number of amides is 1. The first-order valence-corrected chi connectivity index (χ1v) is 11.0. The Labute approximate surface area is 158 Å². The maximum absolute atomic E-state index is 12.1. The van der Waals surface area contributed by atoms with Gasteiger partial charge < -0.3 is 5.32 Å². The van der Waals surface area contributed by atoms with Crippen LogP contribution >= 0.6 is 11.8 Å². The van der Waals surface area contributed by atoms with Crippen LogP contribution in [0.5, 0.6) is 0 Å². The molecule has 1 aliphatic carbocycles. The molecule has 7 heteroatoms. The normalized spacial score (nSPS) is 14.2. The van der Waals surface area contributed by atoms with Gasteiger partial charge in [0.1, 0.15) is 0 Å². The number of benzene rings is 2. The highest BCUT2D eigenvalue weighted by molar-refractivity contribution is 8.00. The van der Waals surface area contributed by atoms with Crippen molar-refractivity contribution in [3.63, 3.8) is 0 Å². The quantitative estimate of drug-likeness (QED) is 0.680. The number of aryl methyl sites for hydroxylation is 1. The Balaban J connectivity index is 1.48. The van der Waals surface area contributed by atoms with E-state index in [-0.39, 0.29) is 16.8 Å². The van der Waals surface area contributed by atoms with Gasteiger partial charge in [-0.25, -0.2) is 13.1 Å². The molecule has 1 amide bonds. The lowest BCUT2D eigenvalue weighted by Crippen LogP contribution is -2.26. The maximum Gasteiger partial charge on any atom is 0.240 e. The van der Waals surface area contributed by atoms with E-state index in [4.69, 9.17) is 0 Å². The number of hydrogen-bond acceptors (Lipinski definition) is 4. The Morgan fingerprint density at radius 2 is 1.81 bits per heavy atom. The third-order valence-electron chi connectivity index (χ3n) is 4.07. The minimum atomic E-state index is -3.43. The van der Waals surface area contributed by atoms with Crippen LogP contribution in [0.4, 0.5) is 0 Å². The summed E-state index contributed by atoms with van der Waals surface area (Å²) in [6.07, 6.45) is 1.81. The van der Waals surface area contributed by atoms with Gasteiger partial charge in [0.2, 0.25) is 15.9 Å². The van der Waals surface area contributed by atoms with Gasteiger partial charge in [-0.1, -0.05) is 30.3 Å². The summed E-state index contributed by atoms with van der Waals surface area (Å²) in [4.78, 5) is 13.4. The molecule has 0 aliphatic heterocycles. The molecule has 2 N–H and O–H groups in total. The van der Waals surface area contributed by atoms with Crippen LogP contribution in [0.1, 0.15) is 24.0 Å². The molecule has 1 saturated carbocycles. The van der Waals surface area contributed by atoms with Crippen molar-refractivity contribution in [2.75, 3.05) is 5.75 Å². The summed E-state index contributed by atoms with van der Waals surface area (Å²) in [6, 6.07) is 14.7. The van der Waals surface area contributed by atoms with E-state index in [0.717, 1.165) is 28.9 Å². The van der Waals surface area contributed by atoms with Gasteiger partial charge in [-0.15, -0.1) is 11.8 Å². The first kappa shape index (κ1) is 18.9. The molecule has 138 valence electrons. The van der Waals surface area contributed by atoms with Crippen molar-refractivity contribution in [1.82, 2.24) is 10.0 Å². The largest absolute Gasteiger partial charge is 0.351 e. The molecule has 0 heterocycles. The first-order chi connectivity index (χ1) is 12.4. The van der Waals surface area contributed by atoms with E-state index < -0.39 is 10.0 Å². The topological polar surface area (TPSA) is 75.3 Å². The van der Waals surface area contributed by atoms with E-state index in [1.54, 1.807) is 24.3 Å². The van der Waals surface area contributed by atoms with Crippen molar-refractivity contribution >= 4 is 27.7 Å². The Morgan fingerprint density at radius 3 is 2.46 bits per heavy atom. The zero-order valence-corrected chi connectivity index (χ0v) is 16.2. The monoisotopic (exact) mass is 390 g/mol. The molecule has 0 unspecified atom stereocenters. The predicted molar refractivity (Wildman–Crippen MR) is 104 cm³/mol. The summed E-state index contributed by atoms with van der Waals surface area (Å²) in [5.74, 6) is 0.299. The van der Waals surface area contributed by atoms with Crippen molar-refractivity contribution in [1.29, 1.82) is 0 Å². The van der Waals surface area contributed by atoms with Gasteiger partial charge in [0.05, 0.1) is 10.6 Å². The van der Waals surface area contributed by atoms with Gasteiger partial charge in [0.25, 0.3) is 0 Å². The molecule has 2 aromatic rings. The summed E-state index contributed by atoms with van der Waals surface area (Å²) in [5, 5.41) is 2.86. The Bertz CT molecular complexity index is 876. The maximum atomic E-state index is 12.1. The number of nitrogens with one attached hydrogen (secondary N) is 2. The van der Waals surface area contributed by atoms with Crippen LogP contribution < -0.4 is 10.0 Å². The molecule has 26 heavy (non-hydrogen) atoms. The van der Waals surface area contributed by atoms with Crippen molar-refractivity contribution in [2.24, 2.45) is 0 Å². The van der Waals surface area contributed by atoms with Gasteiger partial charge in [0, 0.05) is 17.5 Å². The first-order valence-electron chi connectivity index (χ1n) is 8.50. The second kappa shape index (κ2) is 8.24. The molecule has 5 nitrogen and oxygen atoms in total. The van der Waals surface area contributed by atoms with E-state index in [1.807, 2.05) is 31.2 Å². The zero-order chi connectivity index (χ0) is 18.6. The summed E-state index contributed by atoms with van der Waals surface area (Å²) < 4.78 is 26.9. The molecule has 0 spiro atoms. The highest BCUT2D eigenvalue weighted by Crippen LogP contribution is 2.23. The molecule has 0 bridgehead atoms. The predicted octanol–water partition coefficient (Wildman–Crippen LogP) is 2.84. The van der Waals surface area contributed by atoms with Crippen molar-refractivity contribution in [3.05, 3.63) is 59.7 Å². The van der Waals surface area contributed by atoms with Crippen LogP contribution in [0.25, 0.3) is 0 Å². The van der Waals surface area contributed by atoms with Crippen LogP contribution in [0.3, 0.4) is 0 Å². The van der Waals surface area contributed by atoms with Crippen LogP contribution in [-0.2, 0) is 21.4 Å². The number of hydrogen-bond donors (Lipinski definition) is 2. The second-order valence-electron chi connectivity index (χ2n) is 6.37. The van der Waals surface area contributed by atoms with Crippen molar-refractivity contribution in [3.8, 4) is 0 Å². The molecular weight excluding hydrogens is 368 g/mol. The number of rotatable bonds is 8. The van der Waals surface area contributed by atoms with Gasteiger partial charge in [-0.3, -0.25) is 4.79 Å². The van der Waals surface area contributed by atoms with Crippen molar-refractivity contribution in [2.45, 2.75) is 42.1 Å². The van der Waals surface area contributed by atoms with E-state index in [2.05, 4.69) is 10.0 Å². The van der Waals surface area contributed by atoms with Gasteiger partial charge >= 0.3 is 0 Å². The number of sulfonamides is 1. The standard InChI is InChI=1S/C19H22N2O3S2/c1-14-4-2-3-5-18(14)25-13-19(22)20-12-15-6-10-17(11-7-15)26(23,24)21-16-8-9-16/h2-7,10-11,16,21H,8-9,12-13H2,1H3,(H,20,22). The van der Waals surface area contributed by atoms with Gasteiger partial charge in [-0.05, 0) is 49.1 Å². The molecule has 1 fully saturated rings. The fraction of sp³-hybridized carbons (Fsp3) is 0.316. The molecule has 0 atom stereocenters. The summed E-state index contributed by atoms with van der Waals surface area (Å²) in [7, 11) is -3.43. The summed E-state index contributed by atoms with van der Waals surface area (Å²) in [6.45, 7) is 2.40. The lowest BCUT2D eigenvalue weighted by atomic mass is 10.2. The SMILES string of the molecule is Cc1ccccc1SCC(=O)NCc1ccc(S(=O)(=O)NC2CC2)cc1. The minimum Gasteiger partial charge on any atom is -0.351 e. The highest BCUT2D eigenvalue weighted by atomic mass is 32.2. The zero-order valence-electron chi connectivity index (χ0n) is 14.6. The van der Waals surface area contributed by atoms with Crippen LogP contribution in [0.15, 0.2) is 58.3 Å².